The van der Waals surface area contributed by atoms with E-state index in [1.807, 2.05) is 0 Å². The first-order chi connectivity index (χ1) is 8.95. The number of nitrogens with zero attached hydrogens (tertiary/aromatic N) is 1. The highest BCUT2D eigenvalue weighted by molar-refractivity contribution is 7.89. The molecular formula is C12H14Cl2FNO2S. The maximum atomic E-state index is 13.2. The minimum atomic E-state index is -3.73. The summed E-state index contributed by atoms with van der Waals surface area (Å²) in [4.78, 5) is -0.168. The molecule has 106 valence electrons. The summed E-state index contributed by atoms with van der Waals surface area (Å²) in [7, 11) is -3.73. The lowest BCUT2D eigenvalue weighted by Gasteiger charge is -2.30. The fourth-order valence-electron chi connectivity index (χ4n) is 2.12. The van der Waals surface area contributed by atoms with Gasteiger partial charge in [-0.1, -0.05) is 11.6 Å². The van der Waals surface area contributed by atoms with E-state index in [0.29, 0.717) is 24.9 Å². The normalized spacial score (nSPS) is 18.7. The summed E-state index contributed by atoms with van der Waals surface area (Å²) in [5, 5.41) is 0.0425. The minimum absolute atomic E-state index is 0.0425. The highest BCUT2D eigenvalue weighted by Crippen LogP contribution is 2.29. The SMILES string of the molecule is O=S(=O)(c1cc(F)ccc1Cl)N1CCC(CCl)CC1. The van der Waals surface area contributed by atoms with Gasteiger partial charge in [-0.3, -0.25) is 0 Å². The van der Waals surface area contributed by atoms with Crippen LogP contribution in [0.2, 0.25) is 5.02 Å². The van der Waals surface area contributed by atoms with Crippen molar-refractivity contribution in [3.8, 4) is 0 Å². The van der Waals surface area contributed by atoms with Crippen LogP contribution in [-0.2, 0) is 10.0 Å². The van der Waals surface area contributed by atoms with E-state index in [0.717, 1.165) is 25.0 Å². The Hall–Kier alpha value is -0.360. The molecule has 0 atom stereocenters. The number of benzene rings is 1. The maximum Gasteiger partial charge on any atom is 0.244 e. The summed E-state index contributed by atoms with van der Waals surface area (Å²) < 4.78 is 39.3. The van der Waals surface area contributed by atoms with Crippen LogP contribution < -0.4 is 0 Å². The Labute approximate surface area is 122 Å². The molecule has 1 saturated heterocycles. The molecule has 0 spiro atoms. The first kappa shape index (κ1) is 15.0. The average molecular weight is 326 g/mol. The second-order valence-corrected chi connectivity index (χ2v) is 7.20. The highest BCUT2D eigenvalue weighted by atomic mass is 35.5. The molecule has 2 rings (SSSR count). The van der Waals surface area contributed by atoms with Crippen molar-refractivity contribution in [1.29, 1.82) is 0 Å². The Morgan fingerprint density at radius 2 is 1.95 bits per heavy atom. The van der Waals surface area contributed by atoms with Gasteiger partial charge in [0.1, 0.15) is 10.7 Å². The summed E-state index contributed by atoms with van der Waals surface area (Å²) >= 11 is 11.6. The van der Waals surface area contributed by atoms with Gasteiger partial charge < -0.3 is 0 Å². The van der Waals surface area contributed by atoms with Crippen molar-refractivity contribution < 1.29 is 12.8 Å². The van der Waals surface area contributed by atoms with Gasteiger partial charge in [-0.15, -0.1) is 11.6 Å². The third kappa shape index (κ3) is 3.21. The molecule has 1 fully saturated rings. The summed E-state index contributed by atoms with van der Waals surface area (Å²) in [5.74, 6) is 0.268. The van der Waals surface area contributed by atoms with Crippen molar-refractivity contribution in [1.82, 2.24) is 4.31 Å². The van der Waals surface area contributed by atoms with E-state index in [4.69, 9.17) is 23.2 Å². The minimum Gasteiger partial charge on any atom is -0.207 e. The number of hydrogen-bond donors (Lipinski definition) is 0. The number of halogens is 3. The molecule has 0 aliphatic carbocycles. The molecule has 1 aliphatic rings. The smallest absolute Gasteiger partial charge is 0.207 e. The van der Waals surface area contributed by atoms with E-state index in [1.165, 1.54) is 10.4 Å². The van der Waals surface area contributed by atoms with Gasteiger partial charge in [0.25, 0.3) is 0 Å². The topological polar surface area (TPSA) is 37.4 Å². The Kier molecular flexibility index (Phi) is 4.71. The first-order valence-corrected chi connectivity index (χ1v) is 8.31. The van der Waals surface area contributed by atoms with Gasteiger partial charge in [-0.2, -0.15) is 4.31 Å². The van der Waals surface area contributed by atoms with E-state index in [9.17, 15) is 12.8 Å². The van der Waals surface area contributed by atoms with Gasteiger partial charge in [-0.25, -0.2) is 12.8 Å². The summed E-state index contributed by atoms with van der Waals surface area (Å²) in [6, 6.07) is 3.36. The molecule has 0 aromatic heterocycles. The standard InChI is InChI=1S/C12H14Cl2FNO2S/c13-8-9-3-5-16(6-4-9)19(17,18)12-7-10(15)1-2-11(12)14/h1-2,7,9H,3-6,8H2. The van der Waals surface area contributed by atoms with Crippen molar-refractivity contribution in [2.75, 3.05) is 19.0 Å². The molecule has 7 heteroatoms. The van der Waals surface area contributed by atoms with Crippen molar-refractivity contribution in [2.45, 2.75) is 17.7 Å². The Balaban J connectivity index is 2.26. The molecule has 1 heterocycles. The fraction of sp³-hybridized carbons (Fsp3) is 0.500. The largest absolute Gasteiger partial charge is 0.244 e. The highest BCUT2D eigenvalue weighted by Gasteiger charge is 2.30. The quantitative estimate of drug-likeness (QED) is 0.801. The van der Waals surface area contributed by atoms with Crippen LogP contribution in [0.3, 0.4) is 0 Å². The van der Waals surface area contributed by atoms with Crippen LogP contribution in [0, 0.1) is 11.7 Å². The second-order valence-electron chi connectivity index (χ2n) is 4.58. The lowest BCUT2D eigenvalue weighted by molar-refractivity contribution is 0.290. The van der Waals surface area contributed by atoms with Gasteiger partial charge in [0.2, 0.25) is 10.0 Å². The van der Waals surface area contributed by atoms with Crippen molar-refractivity contribution >= 4 is 33.2 Å². The Morgan fingerprint density at radius 3 is 2.53 bits per heavy atom. The van der Waals surface area contributed by atoms with Gasteiger partial charge in [0, 0.05) is 19.0 Å². The van der Waals surface area contributed by atoms with E-state index < -0.39 is 15.8 Å². The third-order valence-corrected chi connectivity index (χ3v) is 6.12. The Bertz CT molecular complexity index is 557. The lowest BCUT2D eigenvalue weighted by Crippen LogP contribution is -2.38. The molecule has 0 bridgehead atoms. The van der Waals surface area contributed by atoms with Gasteiger partial charge in [0.05, 0.1) is 5.02 Å². The number of rotatable bonds is 3. The molecule has 3 nitrogen and oxygen atoms in total. The zero-order chi connectivity index (χ0) is 14.0. The fourth-order valence-corrected chi connectivity index (χ4v) is 4.38. The van der Waals surface area contributed by atoms with Crippen molar-refractivity contribution in [2.24, 2.45) is 5.92 Å². The summed E-state index contributed by atoms with van der Waals surface area (Å²) in [6.07, 6.45) is 1.44. The number of alkyl halides is 1. The third-order valence-electron chi connectivity index (χ3n) is 3.30. The second kappa shape index (κ2) is 5.95. The first-order valence-electron chi connectivity index (χ1n) is 5.96. The van der Waals surface area contributed by atoms with Crippen LogP contribution in [0.25, 0.3) is 0 Å². The molecule has 0 N–H and O–H groups in total. The molecule has 0 unspecified atom stereocenters. The van der Waals surface area contributed by atoms with Crippen LogP contribution >= 0.6 is 23.2 Å². The van der Waals surface area contributed by atoms with Crippen molar-refractivity contribution in [3.05, 3.63) is 29.0 Å². The molecule has 1 aromatic carbocycles. The van der Waals surface area contributed by atoms with E-state index in [1.54, 1.807) is 0 Å². The van der Waals surface area contributed by atoms with E-state index >= 15 is 0 Å². The Morgan fingerprint density at radius 1 is 1.32 bits per heavy atom. The van der Waals surface area contributed by atoms with Crippen molar-refractivity contribution in [3.63, 3.8) is 0 Å². The van der Waals surface area contributed by atoms with Crippen LogP contribution in [-0.4, -0.2) is 31.7 Å². The summed E-state index contributed by atoms with van der Waals surface area (Å²) in [6.45, 7) is 0.791. The zero-order valence-corrected chi connectivity index (χ0v) is 12.5. The molecule has 0 radical (unpaired) electrons. The van der Waals surface area contributed by atoms with Gasteiger partial charge >= 0.3 is 0 Å². The van der Waals surface area contributed by atoms with E-state index in [2.05, 4.69) is 0 Å². The summed E-state index contributed by atoms with van der Waals surface area (Å²) in [5.41, 5.74) is 0. The zero-order valence-electron chi connectivity index (χ0n) is 10.2. The molecule has 1 aliphatic heterocycles. The van der Waals surface area contributed by atoms with Crippen LogP contribution in [0.5, 0.6) is 0 Å². The monoisotopic (exact) mass is 325 g/mol. The molecule has 1 aromatic rings. The van der Waals surface area contributed by atoms with E-state index in [-0.39, 0.29) is 9.92 Å². The average Bonchev–Trinajstić information content (AvgIpc) is 2.41. The predicted octanol–water partition coefficient (Wildman–Crippen LogP) is 3.12. The number of piperidine rings is 1. The number of sulfonamides is 1. The molecular weight excluding hydrogens is 312 g/mol. The predicted molar refractivity (Wildman–Crippen MR) is 73.6 cm³/mol. The van der Waals surface area contributed by atoms with Crippen LogP contribution in [0.15, 0.2) is 23.1 Å². The lowest BCUT2D eigenvalue weighted by atomic mass is 10.0. The maximum absolute atomic E-state index is 13.2. The molecule has 19 heavy (non-hydrogen) atoms. The number of hydrogen-bond acceptors (Lipinski definition) is 2. The van der Waals surface area contributed by atoms with Gasteiger partial charge in [-0.05, 0) is 37.0 Å². The van der Waals surface area contributed by atoms with Crippen LogP contribution in [0.1, 0.15) is 12.8 Å². The van der Waals surface area contributed by atoms with Crippen LogP contribution in [0.4, 0.5) is 4.39 Å². The molecule has 0 saturated carbocycles. The van der Waals surface area contributed by atoms with Gasteiger partial charge in [0.15, 0.2) is 0 Å². The molecule has 0 amide bonds.